The Hall–Kier alpha value is -2.97. The van der Waals surface area contributed by atoms with Gasteiger partial charge in [-0.05, 0) is 43.4 Å². The fourth-order valence-electron chi connectivity index (χ4n) is 4.99. The number of hydrogen-bond donors (Lipinski definition) is 1. The molecule has 9 nitrogen and oxygen atoms in total. The summed E-state index contributed by atoms with van der Waals surface area (Å²) in [4.78, 5) is 41.3. The lowest BCUT2D eigenvalue weighted by Crippen LogP contribution is -2.35. The summed E-state index contributed by atoms with van der Waals surface area (Å²) in [6.07, 6.45) is 8.58. The number of nitrogens with zero attached hydrogens (tertiary/aromatic N) is 3. The molecule has 4 rings (SSSR count). The Labute approximate surface area is 180 Å². The van der Waals surface area contributed by atoms with Crippen LogP contribution in [-0.2, 0) is 21.4 Å². The number of nitrogens with one attached hydrogen (secondary N) is 1. The van der Waals surface area contributed by atoms with E-state index in [0.717, 1.165) is 37.8 Å². The first-order chi connectivity index (χ1) is 14.9. The van der Waals surface area contributed by atoms with E-state index in [1.165, 1.54) is 24.2 Å². The maximum Gasteiger partial charge on any atom is 0.342 e. The van der Waals surface area contributed by atoms with Crippen LogP contribution in [0.1, 0.15) is 70.0 Å². The van der Waals surface area contributed by atoms with E-state index in [2.05, 4.69) is 10.3 Å². The smallest absolute Gasteiger partial charge is 0.342 e. The molecule has 0 aromatic carbocycles. The molecule has 0 amide bonds. The fraction of sp³-hybridized carbons (Fsp3) is 0.591. The van der Waals surface area contributed by atoms with Crippen LogP contribution < -0.4 is 5.32 Å². The van der Waals surface area contributed by atoms with Gasteiger partial charge in [-0.15, -0.1) is 0 Å². The second kappa shape index (κ2) is 8.64. The van der Waals surface area contributed by atoms with Gasteiger partial charge in [0.2, 0.25) is 5.82 Å². The summed E-state index contributed by atoms with van der Waals surface area (Å²) < 4.78 is 7.06. The Bertz CT molecular complexity index is 984. The number of imidazole rings is 1. The van der Waals surface area contributed by atoms with Crippen LogP contribution in [0.15, 0.2) is 28.7 Å². The average Bonchev–Trinajstić information content (AvgIpc) is 3.13. The maximum absolute atomic E-state index is 13.2. The molecule has 166 valence electrons. The lowest BCUT2D eigenvalue weighted by molar-refractivity contribution is -0.391. The number of Topliss-reactive ketones (excluding diaryl/α,β-unsaturated/α-hetero) is 1. The predicted molar refractivity (Wildman–Crippen MR) is 112 cm³/mol. The highest BCUT2D eigenvalue weighted by Crippen LogP contribution is 2.42. The highest BCUT2D eigenvalue weighted by atomic mass is 16.6. The number of allylic oxidation sites excluding steroid dienone is 3. The van der Waals surface area contributed by atoms with Crippen molar-refractivity contribution < 1.29 is 19.2 Å². The second-order valence-corrected chi connectivity index (χ2v) is 8.66. The third-order valence-electron chi connectivity index (χ3n) is 6.62. The molecular weight excluding hydrogens is 400 g/mol. The number of hydrogen-bond acceptors (Lipinski definition) is 7. The van der Waals surface area contributed by atoms with Crippen molar-refractivity contribution in [3.63, 3.8) is 0 Å². The Kier molecular flexibility index (Phi) is 5.93. The van der Waals surface area contributed by atoms with Crippen LogP contribution in [0.2, 0.25) is 0 Å². The Morgan fingerprint density at radius 1 is 1.29 bits per heavy atom. The molecule has 1 saturated carbocycles. The number of ketones is 1. The van der Waals surface area contributed by atoms with Crippen molar-refractivity contribution in [1.29, 1.82) is 0 Å². The molecule has 0 saturated heterocycles. The van der Waals surface area contributed by atoms with E-state index in [-0.39, 0.29) is 11.6 Å². The molecule has 9 heteroatoms. The van der Waals surface area contributed by atoms with Crippen molar-refractivity contribution in [2.45, 2.75) is 64.2 Å². The van der Waals surface area contributed by atoms with Gasteiger partial charge in [0.1, 0.15) is 12.1 Å². The molecule has 1 aromatic rings. The number of esters is 1. The van der Waals surface area contributed by atoms with E-state index in [4.69, 9.17) is 4.74 Å². The lowest BCUT2D eigenvalue weighted by Gasteiger charge is -2.32. The molecule has 1 atom stereocenters. The number of nitro groups is 1. The molecule has 0 spiro atoms. The van der Waals surface area contributed by atoms with E-state index in [1.807, 2.05) is 0 Å². The van der Waals surface area contributed by atoms with Crippen LogP contribution in [0.3, 0.4) is 0 Å². The fourth-order valence-corrected chi connectivity index (χ4v) is 4.99. The second-order valence-electron chi connectivity index (χ2n) is 8.66. The first-order valence-corrected chi connectivity index (χ1v) is 11.0. The van der Waals surface area contributed by atoms with Gasteiger partial charge in [0.05, 0.1) is 19.2 Å². The van der Waals surface area contributed by atoms with E-state index in [1.54, 1.807) is 6.92 Å². The third kappa shape index (κ3) is 4.00. The Morgan fingerprint density at radius 2 is 2.03 bits per heavy atom. The molecule has 1 aliphatic heterocycles. The first kappa shape index (κ1) is 21.3. The van der Waals surface area contributed by atoms with Crippen LogP contribution in [0, 0.1) is 16.0 Å². The summed E-state index contributed by atoms with van der Waals surface area (Å²) in [5, 5.41) is 14.6. The number of carbonyl (C=O) groups excluding carboxylic acids is 2. The van der Waals surface area contributed by atoms with Crippen molar-refractivity contribution in [2.75, 3.05) is 6.61 Å². The van der Waals surface area contributed by atoms with E-state index in [9.17, 15) is 19.7 Å². The van der Waals surface area contributed by atoms with Crippen molar-refractivity contribution in [3.05, 3.63) is 44.7 Å². The summed E-state index contributed by atoms with van der Waals surface area (Å²) in [5.74, 6) is -0.854. The number of carbonyl (C=O) groups is 2. The summed E-state index contributed by atoms with van der Waals surface area (Å²) in [5.41, 5.74) is 2.17. The topological polar surface area (TPSA) is 116 Å². The van der Waals surface area contributed by atoms with Gasteiger partial charge in [-0.25, -0.2) is 14.3 Å². The van der Waals surface area contributed by atoms with Gasteiger partial charge in [0.25, 0.3) is 0 Å². The Morgan fingerprint density at radius 3 is 2.71 bits per heavy atom. The largest absolute Gasteiger partial charge is 0.462 e. The van der Waals surface area contributed by atoms with Crippen molar-refractivity contribution in [2.24, 2.45) is 13.0 Å². The van der Waals surface area contributed by atoms with Crippen LogP contribution in [0.4, 0.5) is 5.82 Å². The summed E-state index contributed by atoms with van der Waals surface area (Å²) in [7, 11) is 1.54. The minimum Gasteiger partial charge on any atom is -0.462 e. The molecule has 1 N–H and O–H groups in total. The van der Waals surface area contributed by atoms with E-state index >= 15 is 0 Å². The number of aromatic nitrogens is 2. The zero-order valence-electron chi connectivity index (χ0n) is 18.0. The molecule has 2 aliphatic carbocycles. The SMILES string of the molecule is CC1=C(C(=O)OCC2CCCCC2)C(c2ncc([N+](=O)[O-])n2C)C2=C(CCCC2=O)N1. The van der Waals surface area contributed by atoms with Gasteiger partial charge < -0.3 is 20.2 Å². The predicted octanol–water partition coefficient (Wildman–Crippen LogP) is 3.42. The molecule has 1 aromatic heterocycles. The molecule has 1 unspecified atom stereocenters. The minimum absolute atomic E-state index is 0.0607. The maximum atomic E-state index is 13.2. The van der Waals surface area contributed by atoms with Gasteiger partial charge in [-0.3, -0.25) is 4.79 Å². The number of dihydropyridines is 1. The van der Waals surface area contributed by atoms with Gasteiger partial charge >= 0.3 is 11.8 Å². The van der Waals surface area contributed by atoms with Crippen LogP contribution >= 0.6 is 0 Å². The molecular formula is C22H28N4O5. The summed E-state index contributed by atoms with van der Waals surface area (Å²) in [6.45, 7) is 2.13. The van der Waals surface area contributed by atoms with Gasteiger partial charge in [0.15, 0.2) is 5.78 Å². The van der Waals surface area contributed by atoms with Crippen molar-refractivity contribution >= 4 is 17.6 Å². The van der Waals surface area contributed by atoms with Crippen LogP contribution in [0.5, 0.6) is 0 Å². The summed E-state index contributed by atoms with van der Waals surface area (Å²) >= 11 is 0. The molecule has 31 heavy (non-hydrogen) atoms. The number of rotatable bonds is 5. The lowest BCUT2D eigenvalue weighted by atomic mass is 9.78. The molecule has 0 bridgehead atoms. The van der Waals surface area contributed by atoms with Crippen molar-refractivity contribution in [3.8, 4) is 0 Å². The highest BCUT2D eigenvalue weighted by Gasteiger charge is 2.43. The zero-order chi connectivity index (χ0) is 22.1. The first-order valence-electron chi connectivity index (χ1n) is 11.0. The normalized spacial score (nSPS) is 22.3. The zero-order valence-corrected chi connectivity index (χ0v) is 18.0. The van der Waals surface area contributed by atoms with Crippen LogP contribution in [-0.4, -0.2) is 32.8 Å². The standard InChI is InChI=1S/C22H28N4O5/c1-13-18(22(28)31-12-14-7-4-3-5-8-14)20(19-15(24-13)9-6-10-16(19)27)21-23-11-17(25(21)2)26(29)30/h11,14,20,24H,3-10,12H2,1-2H3. The van der Waals surface area contributed by atoms with E-state index < -0.39 is 16.8 Å². The molecule has 3 aliphatic rings. The molecule has 1 fully saturated rings. The third-order valence-corrected chi connectivity index (χ3v) is 6.62. The van der Waals surface area contributed by atoms with Gasteiger partial charge in [-0.1, -0.05) is 19.3 Å². The van der Waals surface area contributed by atoms with E-state index in [0.29, 0.717) is 48.0 Å². The van der Waals surface area contributed by atoms with Crippen LogP contribution in [0.25, 0.3) is 0 Å². The quantitative estimate of drug-likeness (QED) is 0.434. The monoisotopic (exact) mass is 428 g/mol. The average molecular weight is 428 g/mol. The molecule has 2 heterocycles. The molecule has 0 radical (unpaired) electrons. The Balaban J connectivity index is 1.70. The summed E-state index contributed by atoms with van der Waals surface area (Å²) in [6, 6.07) is 0. The minimum atomic E-state index is -0.776. The number of ether oxygens (including phenoxy) is 1. The van der Waals surface area contributed by atoms with Gasteiger partial charge in [-0.2, -0.15) is 0 Å². The van der Waals surface area contributed by atoms with Crippen molar-refractivity contribution in [1.82, 2.24) is 14.9 Å². The van der Waals surface area contributed by atoms with Gasteiger partial charge in [0, 0.05) is 23.4 Å². The highest BCUT2D eigenvalue weighted by molar-refractivity contribution is 6.03.